The SMILES string of the molecule is CC(C)CC1NC(=O)C2(CCN(Cc3ccccc3)CC2)N(CC2CCCO2)C1=O. The second-order valence-electron chi connectivity index (χ2n) is 9.53. The number of benzene rings is 1. The molecule has 6 heteroatoms. The van der Waals surface area contributed by atoms with E-state index in [1.807, 2.05) is 11.0 Å². The minimum Gasteiger partial charge on any atom is -0.376 e. The molecule has 1 N–H and O–H groups in total. The lowest BCUT2D eigenvalue weighted by molar-refractivity contribution is -0.164. The topological polar surface area (TPSA) is 61.9 Å². The van der Waals surface area contributed by atoms with E-state index in [9.17, 15) is 9.59 Å². The second-order valence-corrected chi connectivity index (χ2v) is 9.53. The first-order valence-electron chi connectivity index (χ1n) is 11.5. The van der Waals surface area contributed by atoms with E-state index >= 15 is 0 Å². The first-order chi connectivity index (χ1) is 14.5. The Kier molecular flexibility index (Phi) is 6.44. The van der Waals surface area contributed by atoms with Gasteiger partial charge in [0, 0.05) is 32.8 Å². The van der Waals surface area contributed by atoms with E-state index in [1.54, 1.807) is 0 Å². The van der Waals surface area contributed by atoms with Crippen LogP contribution in [0.1, 0.15) is 51.5 Å². The van der Waals surface area contributed by atoms with E-state index in [0.717, 1.165) is 39.1 Å². The zero-order chi connectivity index (χ0) is 21.1. The Morgan fingerprint density at radius 1 is 1.17 bits per heavy atom. The van der Waals surface area contributed by atoms with Crippen molar-refractivity contribution in [2.75, 3.05) is 26.2 Å². The highest BCUT2D eigenvalue weighted by Gasteiger charge is 2.54. The molecule has 0 saturated carbocycles. The summed E-state index contributed by atoms with van der Waals surface area (Å²) >= 11 is 0. The summed E-state index contributed by atoms with van der Waals surface area (Å²) in [7, 11) is 0. The van der Waals surface area contributed by atoms with Gasteiger partial charge in [-0.2, -0.15) is 0 Å². The van der Waals surface area contributed by atoms with Crippen molar-refractivity contribution in [3.63, 3.8) is 0 Å². The molecule has 3 aliphatic heterocycles. The molecule has 3 heterocycles. The van der Waals surface area contributed by atoms with Gasteiger partial charge in [-0.3, -0.25) is 14.5 Å². The van der Waals surface area contributed by atoms with Crippen molar-refractivity contribution in [1.82, 2.24) is 15.1 Å². The fourth-order valence-corrected chi connectivity index (χ4v) is 5.18. The van der Waals surface area contributed by atoms with Gasteiger partial charge in [-0.1, -0.05) is 44.2 Å². The summed E-state index contributed by atoms with van der Waals surface area (Å²) in [5, 5.41) is 3.09. The Morgan fingerprint density at radius 2 is 1.90 bits per heavy atom. The molecule has 1 aromatic rings. The Labute approximate surface area is 179 Å². The third-order valence-corrected chi connectivity index (χ3v) is 6.86. The smallest absolute Gasteiger partial charge is 0.246 e. The summed E-state index contributed by atoms with van der Waals surface area (Å²) in [5.41, 5.74) is 0.551. The molecule has 0 aliphatic carbocycles. The number of rotatable bonds is 6. The third kappa shape index (κ3) is 4.40. The summed E-state index contributed by atoms with van der Waals surface area (Å²) in [6.07, 6.45) is 4.10. The molecule has 6 nitrogen and oxygen atoms in total. The van der Waals surface area contributed by atoms with Crippen LogP contribution in [-0.4, -0.2) is 65.5 Å². The first-order valence-corrected chi connectivity index (χ1v) is 11.5. The fraction of sp³-hybridized carbons (Fsp3) is 0.667. The molecule has 3 saturated heterocycles. The Balaban J connectivity index is 1.50. The van der Waals surface area contributed by atoms with Crippen LogP contribution in [0, 0.1) is 5.92 Å². The van der Waals surface area contributed by atoms with Crippen LogP contribution in [0.3, 0.4) is 0 Å². The van der Waals surface area contributed by atoms with Gasteiger partial charge in [-0.15, -0.1) is 0 Å². The largest absolute Gasteiger partial charge is 0.376 e. The van der Waals surface area contributed by atoms with Crippen LogP contribution < -0.4 is 5.32 Å². The van der Waals surface area contributed by atoms with E-state index in [4.69, 9.17) is 4.74 Å². The quantitative estimate of drug-likeness (QED) is 0.779. The second kappa shape index (κ2) is 9.06. The van der Waals surface area contributed by atoms with E-state index in [-0.39, 0.29) is 17.9 Å². The maximum absolute atomic E-state index is 13.5. The average Bonchev–Trinajstić information content (AvgIpc) is 3.25. The van der Waals surface area contributed by atoms with Crippen molar-refractivity contribution in [2.45, 2.75) is 70.2 Å². The van der Waals surface area contributed by atoms with Crippen LogP contribution >= 0.6 is 0 Å². The molecule has 3 fully saturated rings. The van der Waals surface area contributed by atoms with Crippen molar-refractivity contribution in [3.8, 4) is 0 Å². The molecule has 0 aromatic heterocycles. The third-order valence-electron chi connectivity index (χ3n) is 6.86. The van der Waals surface area contributed by atoms with Gasteiger partial charge in [-0.05, 0) is 43.6 Å². The van der Waals surface area contributed by atoms with Gasteiger partial charge < -0.3 is 15.0 Å². The number of piperidine rings is 1. The lowest BCUT2D eigenvalue weighted by Gasteiger charge is -2.52. The molecule has 0 bridgehead atoms. The number of hydrogen-bond donors (Lipinski definition) is 1. The predicted octanol–water partition coefficient (Wildman–Crippen LogP) is 2.57. The lowest BCUT2D eigenvalue weighted by atomic mass is 9.80. The zero-order valence-corrected chi connectivity index (χ0v) is 18.3. The van der Waals surface area contributed by atoms with Crippen LogP contribution in [0.25, 0.3) is 0 Å². The van der Waals surface area contributed by atoms with Gasteiger partial charge in [0.1, 0.15) is 11.6 Å². The van der Waals surface area contributed by atoms with Gasteiger partial charge in [0.15, 0.2) is 0 Å². The number of nitrogens with one attached hydrogen (secondary N) is 1. The molecular formula is C24H35N3O3. The number of amides is 2. The normalized spacial score (nSPS) is 27.1. The molecule has 0 radical (unpaired) electrons. The van der Waals surface area contributed by atoms with Crippen LogP contribution in [-0.2, 0) is 20.9 Å². The molecule has 164 valence electrons. The lowest BCUT2D eigenvalue weighted by Crippen LogP contribution is -2.73. The van der Waals surface area contributed by atoms with E-state index in [0.29, 0.717) is 31.7 Å². The molecule has 3 aliphatic rings. The van der Waals surface area contributed by atoms with Crippen LogP contribution in [0.4, 0.5) is 0 Å². The maximum atomic E-state index is 13.5. The Hall–Kier alpha value is -1.92. The van der Waals surface area contributed by atoms with Gasteiger partial charge in [0.25, 0.3) is 0 Å². The number of carbonyl (C=O) groups is 2. The molecule has 2 atom stereocenters. The first kappa shape index (κ1) is 21.3. The summed E-state index contributed by atoms with van der Waals surface area (Å²) in [4.78, 5) is 31.2. The van der Waals surface area contributed by atoms with Crippen molar-refractivity contribution >= 4 is 11.8 Å². The number of carbonyl (C=O) groups excluding carboxylic acids is 2. The standard InChI is InChI=1S/C24H35N3O3/c1-18(2)15-21-22(28)27(17-20-9-6-14-30-20)24(23(29)25-21)10-12-26(13-11-24)16-19-7-4-3-5-8-19/h3-5,7-8,18,20-21H,6,9-17H2,1-2H3,(H,25,29). The van der Waals surface area contributed by atoms with Gasteiger partial charge in [0.2, 0.25) is 11.8 Å². The van der Waals surface area contributed by atoms with Crippen LogP contribution in [0.15, 0.2) is 30.3 Å². The number of piperazine rings is 1. The molecular weight excluding hydrogens is 378 g/mol. The summed E-state index contributed by atoms with van der Waals surface area (Å²) in [6.45, 7) is 7.99. The fourth-order valence-electron chi connectivity index (χ4n) is 5.18. The van der Waals surface area contributed by atoms with Crippen molar-refractivity contribution in [3.05, 3.63) is 35.9 Å². The predicted molar refractivity (Wildman–Crippen MR) is 116 cm³/mol. The number of hydrogen-bond acceptors (Lipinski definition) is 4. The average molecular weight is 414 g/mol. The highest BCUT2D eigenvalue weighted by Crippen LogP contribution is 2.35. The Bertz CT molecular complexity index is 737. The highest BCUT2D eigenvalue weighted by molar-refractivity contribution is 6.00. The van der Waals surface area contributed by atoms with Crippen molar-refractivity contribution < 1.29 is 14.3 Å². The van der Waals surface area contributed by atoms with E-state index in [2.05, 4.69) is 48.3 Å². The minimum absolute atomic E-state index is 0.0325. The van der Waals surface area contributed by atoms with Crippen LogP contribution in [0.2, 0.25) is 0 Å². The van der Waals surface area contributed by atoms with Gasteiger partial charge >= 0.3 is 0 Å². The Morgan fingerprint density at radius 3 is 2.53 bits per heavy atom. The summed E-state index contributed by atoms with van der Waals surface area (Å²) in [5.74, 6) is 0.464. The van der Waals surface area contributed by atoms with Gasteiger partial charge in [0.05, 0.1) is 6.10 Å². The zero-order valence-electron chi connectivity index (χ0n) is 18.3. The molecule has 1 spiro atoms. The molecule has 2 amide bonds. The number of likely N-dealkylation sites (tertiary alicyclic amines) is 1. The van der Waals surface area contributed by atoms with Crippen molar-refractivity contribution in [2.24, 2.45) is 5.92 Å². The minimum atomic E-state index is -0.732. The van der Waals surface area contributed by atoms with Gasteiger partial charge in [-0.25, -0.2) is 0 Å². The van der Waals surface area contributed by atoms with Crippen molar-refractivity contribution in [1.29, 1.82) is 0 Å². The van der Waals surface area contributed by atoms with E-state index in [1.165, 1.54) is 5.56 Å². The summed E-state index contributed by atoms with van der Waals surface area (Å²) < 4.78 is 5.85. The van der Waals surface area contributed by atoms with E-state index < -0.39 is 11.6 Å². The highest BCUT2D eigenvalue weighted by atomic mass is 16.5. The monoisotopic (exact) mass is 413 g/mol. The number of nitrogens with zero attached hydrogens (tertiary/aromatic N) is 2. The number of ether oxygens (including phenoxy) is 1. The molecule has 2 unspecified atom stereocenters. The maximum Gasteiger partial charge on any atom is 0.246 e. The van der Waals surface area contributed by atoms with Crippen LogP contribution in [0.5, 0.6) is 0 Å². The molecule has 30 heavy (non-hydrogen) atoms. The molecule has 1 aromatic carbocycles. The molecule has 4 rings (SSSR count). The summed E-state index contributed by atoms with van der Waals surface area (Å²) in [6, 6.07) is 10.0.